The summed E-state index contributed by atoms with van der Waals surface area (Å²) in [6, 6.07) is 11.7. The number of morpholine rings is 1. The largest absolute Gasteiger partial charge is 0.378 e. The molecule has 2 fully saturated rings. The first kappa shape index (κ1) is 15.8. The zero-order chi connectivity index (χ0) is 16.4. The predicted molar refractivity (Wildman–Crippen MR) is 93.7 cm³/mol. The minimum atomic E-state index is 0.398. The first-order valence-electron chi connectivity index (χ1n) is 8.95. The van der Waals surface area contributed by atoms with Crippen LogP contribution in [-0.4, -0.2) is 58.5 Å². The number of aryl methyl sites for hydroxylation is 1. The number of aromatic nitrogens is 2. The molecule has 1 aromatic heterocycles. The monoisotopic (exact) mass is 326 g/mol. The Labute approximate surface area is 143 Å². The average molecular weight is 326 g/mol. The van der Waals surface area contributed by atoms with Crippen molar-refractivity contribution in [2.45, 2.75) is 32.1 Å². The second-order valence-corrected chi connectivity index (χ2v) is 6.79. The molecule has 0 bridgehead atoms. The Bertz CT molecular complexity index is 656. The van der Waals surface area contributed by atoms with Gasteiger partial charge in [-0.05, 0) is 12.5 Å². The molecule has 0 unspecified atom stereocenters. The van der Waals surface area contributed by atoms with E-state index in [0.29, 0.717) is 12.1 Å². The fourth-order valence-corrected chi connectivity index (χ4v) is 3.93. The van der Waals surface area contributed by atoms with Crippen molar-refractivity contribution in [1.29, 1.82) is 0 Å². The molecule has 4 rings (SSSR count). The molecule has 0 amide bonds. The highest BCUT2D eigenvalue weighted by molar-refractivity contribution is 5.20. The number of benzene rings is 1. The van der Waals surface area contributed by atoms with Crippen LogP contribution in [0.25, 0.3) is 0 Å². The Morgan fingerprint density at radius 2 is 2.04 bits per heavy atom. The quantitative estimate of drug-likeness (QED) is 0.862. The fourth-order valence-electron chi connectivity index (χ4n) is 3.93. The number of fused-ring (bicyclic) bond motifs is 1. The lowest BCUT2D eigenvalue weighted by atomic mass is 10.00. The Morgan fingerprint density at radius 1 is 1.17 bits per heavy atom. The second kappa shape index (κ2) is 7.05. The van der Waals surface area contributed by atoms with Crippen LogP contribution >= 0.6 is 0 Å². The molecule has 0 N–H and O–H groups in total. The number of hydrogen-bond donors (Lipinski definition) is 0. The Morgan fingerprint density at radius 3 is 2.83 bits per heavy atom. The van der Waals surface area contributed by atoms with Gasteiger partial charge in [0.1, 0.15) is 0 Å². The van der Waals surface area contributed by atoms with Crippen LogP contribution in [0.5, 0.6) is 0 Å². The summed E-state index contributed by atoms with van der Waals surface area (Å²) in [6.45, 7) is 8.98. The molecule has 3 heterocycles. The van der Waals surface area contributed by atoms with E-state index in [0.717, 1.165) is 45.9 Å². The lowest BCUT2D eigenvalue weighted by Gasteiger charge is -2.48. The van der Waals surface area contributed by atoms with E-state index in [9.17, 15) is 0 Å². The fraction of sp³-hybridized carbons (Fsp3) is 0.526. The number of rotatable bonds is 4. The molecule has 24 heavy (non-hydrogen) atoms. The topological polar surface area (TPSA) is 33.5 Å². The maximum absolute atomic E-state index is 5.94. The van der Waals surface area contributed by atoms with Gasteiger partial charge < -0.3 is 4.74 Å². The second-order valence-electron chi connectivity index (χ2n) is 6.79. The molecule has 2 aliphatic rings. The van der Waals surface area contributed by atoms with Gasteiger partial charge in [0.15, 0.2) is 0 Å². The molecule has 128 valence electrons. The summed E-state index contributed by atoms with van der Waals surface area (Å²) in [6.07, 6.45) is 4.16. The van der Waals surface area contributed by atoms with Crippen molar-refractivity contribution in [3.05, 3.63) is 53.9 Å². The van der Waals surface area contributed by atoms with Gasteiger partial charge in [-0.15, -0.1) is 0 Å². The molecule has 2 aromatic rings. The molecule has 2 saturated heterocycles. The first-order valence-corrected chi connectivity index (χ1v) is 8.95. The molecular weight excluding hydrogens is 300 g/mol. The van der Waals surface area contributed by atoms with Crippen molar-refractivity contribution in [2.75, 3.05) is 32.8 Å². The van der Waals surface area contributed by atoms with Crippen LogP contribution in [0.1, 0.15) is 24.1 Å². The number of hydrogen-bond acceptors (Lipinski definition) is 4. The number of ether oxygens (including phenoxy) is 1. The van der Waals surface area contributed by atoms with Gasteiger partial charge in [0.25, 0.3) is 0 Å². The van der Waals surface area contributed by atoms with E-state index in [1.54, 1.807) is 0 Å². The summed E-state index contributed by atoms with van der Waals surface area (Å²) in [7, 11) is 0. The summed E-state index contributed by atoms with van der Waals surface area (Å²) in [5.41, 5.74) is 2.68. The van der Waals surface area contributed by atoms with Crippen molar-refractivity contribution in [3.8, 4) is 0 Å². The van der Waals surface area contributed by atoms with Gasteiger partial charge in [-0.25, -0.2) is 0 Å². The maximum atomic E-state index is 5.94. The highest BCUT2D eigenvalue weighted by atomic mass is 16.5. The third kappa shape index (κ3) is 3.24. The molecule has 2 atom stereocenters. The van der Waals surface area contributed by atoms with Crippen molar-refractivity contribution in [3.63, 3.8) is 0 Å². The van der Waals surface area contributed by atoms with Crippen molar-refractivity contribution >= 4 is 0 Å². The minimum Gasteiger partial charge on any atom is -0.378 e. The standard InChI is InChI=1S/C19H26N4O/c1-2-22-12-16(10-20-22)11-21-8-9-23-18(13-21)14-24-15-19(23)17-6-4-3-5-7-17/h3-7,10,12,18-19H,2,8-9,11,13-15H2,1H3/t18-,19-/m1/s1. The van der Waals surface area contributed by atoms with E-state index in [-0.39, 0.29) is 0 Å². The van der Waals surface area contributed by atoms with E-state index in [1.807, 2.05) is 10.9 Å². The van der Waals surface area contributed by atoms with Crippen LogP contribution in [0.15, 0.2) is 42.7 Å². The average Bonchev–Trinajstić information content (AvgIpc) is 3.09. The van der Waals surface area contributed by atoms with Gasteiger partial charge in [0.2, 0.25) is 0 Å². The SMILES string of the molecule is CCn1cc(CN2CCN3[C@@H](COC[C@@H]3c3ccccc3)C2)cn1. The minimum absolute atomic E-state index is 0.398. The van der Waals surface area contributed by atoms with Crippen molar-refractivity contribution in [1.82, 2.24) is 19.6 Å². The smallest absolute Gasteiger partial charge is 0.0664 e. The van der Waals surface area contributed by atoms with Crippen molar-refractivity contribution < 1.29 is 4.74 Å². The number of nitrogens with zero attached hydrogens (tertiary/aromatic N) is 4. The normalized spacial score (nSPS) is 25.5. The summed E-state index contributed by atoms with van der Waals surface area (Å²) >= 11 is 0. The molecule has 5 heteroatoms. The maximum Gasteiger partial charge on any atom is 0.0664 e. The van der Waals surface area contributed by atoms with Crippen LogP contribution in [0.4, 0.5) is 0 Å². The molecular formula is C19H26N4O. The molecule has 2 aliphatic heterocycles. The Kier molecular flexibility index (Phi) is 4.65. The Hall–Kier alpha value is -1.69. The van der Waals surface area contributed by atoms with E-state index >= 15 is 0 Å². The third-order valence-electron chi connectivity index (χ3n) is 5.20. The zero-order valence-electron chi connectivity index (χ0n) is 14.3. The van der Waals surface area contributed by atoms with Crippen LogP contribution in [0.3, 0.4) is 0 Å². The summed E-state index contributed by atoms with van der Waals surface area (Å²) in [5.74, 6) is 0. The highest BCUT2D eigenvalue weighted by Crippen LogP contribution is 2.29. The van der Waals surface area contributed by atoms with Crippen LogP contribution < -0.4 is 0 Å². The van der Waals surface area contributed by atoms with Gasteiger partial charge in [-0.3, -0.25) is 14.5 Å². The van der Waals surface area contributed by atoms with Crippen LogP contribution in [-0.2, 0) is 17.8 Å². The van der Waals surface area contributed by atoms with Gasteiger partial charge >= 0.3 is 0 Å². The van der Waals surface area contributed by atoms with Crippen molar-refractivity contribution in [2.24, 2.45) is 0 Å². The van der Waals surface area contributed by atoms with E-state index in [1.165, 1.54) is 11.1 Å². The molecule has 0 spiro atoms. The van der Waals surface area contributed by atoms with Gasteiger partial charge in [0.05, 0.1) is 25.5 Å². The van der Waals surface area contributed by atoms with Crippen LogP contribution in [0, 0.1) is 0 Å². The third-order valence-corrected chi connectivity index (χ3v) is 5.20. The lowest BCUT2D eigenvalue weighted by molar-refractivity contribution is -0.0835. The predicted octanol–water partition coefficient (Wildman–Crippen LogP) is 2.16. The van der Waals surface area contributed by atoms with E-state index < -0.39 is 0 Å². The molecule has 0 radical (unpaired) electrons. The summed E-state index contributed by atoms with van der Waals surface area (Å²) < 4.78 is 7.94. The first-order chi connectivity index (χ1) is 11.8. The van der Waals surface area contributed by atoms with Gasteiger partial charge in [-0.2, -0.15) is 5.10 Å². The van der Waals surface area contributed by atoms with Gasteiger partial charge in [0, 0.05) is 50.5 Å². The lowest BCUT2D eigenvalue weighted by Crippen LogP contribution is -2.58. The molecule has 5 nitrogen and oxygen atoms in total. The van der Waals surface area contributed by atoms with Crippen LogP contribution in [0.2, 0.25) is 0 Å². The van der Waals surface area contributed by atoms with Gasteiger partial charge in [-0.1, -0.05) is 30.3 Å². The van der Waals surface area contributed by atoms with E-state index in [2.05, 4.69) is 58.4 Å². The Balaban J connectivity index is 1.42. The highest BCUT2D eigenvalue weighted by Gasteiger charge is 2.36. The zero-order valence-corrected chi connectivity index (χ0v) is 14.3. The summed E-state index contributed by atoms with van der Waals surface area (Å²) in [5, 5.41) is 4.39. The number of piperazine rings is 1. The van der Waals surface area contributed by atoms with E-state index in [4.69, 9.17) is 4.74 Å². The molecule has 0 saturated carbocycles. The molecule has 0 aliphatic carbocycles. The summed E-state index contributed by atoms with van der Waals surface area (Å²) in [4.78, 5) is 5.18. The molecule has 1 aromatic carbocycles.